The minimum absolute atomic E-state index is 0.0311. The van der Waals surface area contributed by atoms with Gasteiger partial charge >= 0.3 is 0 Å². The number of aryl methyl sites for hydroxylation is 1. The second kappa shape index (κ2) is 6.91. The summed E-state index contributed by atoms with van der Waals surface area (Å²) in [7, 11) is 0. The van der Waals surface area contributed by atoms with Crippen LogP contribution in [0.1, 0.15) is 22.6 Å². The van der Waals surface area contributed by atoms with E-state index in [2.05, 4.69) is 15.3 Å². The van der Waals surface area contributed by atoms with E-state index in [4.69, 9.17) is 0 Å². The lowest BCUT2D eigenvalue weighted by molar-refractivity contribution is -0.384. The van der Waals surface area contributed by atoms with Gasteiger partial charge in [0.2, 0.25) is 0 Å². The molecule has 0 saturated carbocycles. The predicted molar refractivity (Wildman–Crippen MR) is 89.8 cm³/mol. The van der Waals surface area contributed by atoms with Crippen molar-refractivity contribution < 1.29 is 9.72 Å². The van der Waals surface area contributed by atoms with Gasteiger partial charge in [-0.15, -0.1) is 0 Å². The number of aromatic amines is 1. The number of benzene rings is 2. The number of fused-ring (bicyclic) bond motifs is 1. The first-order chi connectivity index (χ1) is 11.6. The van der Waals surface area contributed by atoms with E-state index < -0.39 is 4.92 Å². The minimum atomic E-state index is -0.491. The van der Waals surface area contributed by atoms with E-state index in [1.807, 2.05) is 24.3 Å². The number of rotatable bonds is 6. The highest BCUT2D eigenvalue weighted by Gasteiger charge is 2.09. The summed E-state index contributed by atoms with van der Waals surface area (Å²) in [6.07, 6.45) is 1.48. The Bertz CT molecular complexity index is 838. The molecule has 3 rings (SSSR count). The van der Waals surface area contributed by atoms with E-state index in [1.165, 1.54) is 24.3 Å². The van der Waals surface area contributed by atoms with Crippen molar-refractivity contribution in [2.45, 2.75) is 12.8 Å². The third-order valence-electron chi connectivity index (χ3n) is 3.65. The number of hydrogen-bond donors (Lipinski definition) is 2. The van der Waals surface area contributed by atoms with Crippen LogP contribution < -0.4 is 5.32 Å². The third kappa shape index (κ3) is 3.57. The summed E-state index contributed by atoms with van der Waals surface area (Å²) < 4.78 is 0. The van der Waals surface area contributed by atoms with Gasteiger partial charge in [-0.25, -0.2) is 4.98 Å². The zero-order valence-electron chi connectivity index (χ0n) is 12.9. The molecule has 0 aliphatic heterocycles. The number of carbonyl (C=O) groups is 1. The maximum Gasteiger partial charge on any atom is 0.269 e. The Kier molecular flexibility index (Phi) is 4.51. The Hall–Kier alpha value is -3.22. The van der Waals surface area contributed by atoms with Crippen LogP contribution in [0.25, 0.3) is 11.0 Å². The number of aromatic nitrogens is 2. The molecule has 0 aliphatic rings. The SMILES string of the molecule is O=C(NCCCc1nc2ccccc2[nH]1)c1ccc([N+](=O)[O-])cc1. The van der Waals surface area contributed by atoms with E-state index in [0.717, 1.165) is 29.7 Å². The third-order valence-corrected chi connectivity index (χ3v) is 3.65. The molecule has 0 bridgehead atoms. The maximum absolute atomic E-state index is 12.0. The topological polar surface area (TPSA) is 101 Å². The monoisotopic (exact) mass is 324 g/mol. The molecule has 7 nitrogen and oxygen atoms in total. The van der Waals surface area contributed by atoms with Crippen molar-refractivity contribution in [2.24, 2.45) is 0 Å². The molecule has 122 valence electrons. The van der Waals surface area contributed by atoms with Gasteiger partial charge in [-0.1, -0.05) is 12.1 Å². The molecule has 0 unspecified atom stereocenters. The van der Waals surface area contributed by atoms with Crippen LogP contribution in [0.4, 0.5) is 5.69 Å². The zero-order valence-corrected chi connectivity index (χ0v) is 12.9. The average molecular weight is 324 g/mol. The first kappa shape index (κ1) is 15.7. The number of nitro groups is 1. The van der Waals surface area contributed by atoms with Crippen LogP contribution in [0, 0.1) is 10.1 Å². The lowest BCUT2D eigenvalue weighted by Gasteiger charge is -2.04. The van der Waals surface area contributed by atoms with Gasteiger partial charge in [-0.2, -0.15) is 0 Å². The largest absolute Gasteiger partial charge is 0.352 e. The Morgan fingerprint density at radius 2 is 1.92 bits per heavy atom. The summed E-state index contributed by atoms with van der Waals surface area (Å²) >= 11 is 0. The molecule has 0 fully saturated rings. The van der Waals surface area contributed by atoms with Gasteiger partial charge < -0.3 is 10.3 Å². The number of nitrogens with one attached hydrogen (secondary N) is 2. The van der Waals surface area contributed by atoms with Gasteiger partial charge in [0.1, 0.15) is 5.82 Å². The van der Waals surface area contributed by atoms with E-state index in [-0.39, 0.29) is 11.6 Å². The molecule has 7 heteroatoms. The summed E-state index contributed by atoms with van der Waals surface area (Å²) in [4.78, 5) is 29.8. The number of nitro benzene ring substituents is 1. The van der Waals surface area contributed by atoms with Crippen molar-refractivity contribution in [3.05, 3.63) is 70.0 Å². The molecule has 2 N–H and O–H groups in total. The Morgan fingerprint density at radius 1 is 1.17 bits per heavy atom. The fourth-order valence-electron chi connectivity index (χ4n) is 2.42. The van der Waals surface area contributed by atoms with Gasteiger partial charge in [0.05, 0.1) is 16.0 Å². The molecular weight excluding hydrogens is 308 g/mol. The fraction of sp³-hybridized carbons (Fsp3) is 0.176. The molecule has 1 amide bonds. The quantitative estimate of drug-likeness (QED) is 0.413. The van der Waals surface area contributed by atoms with Gasteiger partial charge in [-0.3, -0.25) is 14.9 Å². The number of imidazole rings is 1. The normalized spacial score (nSPS) is 10.7. The number of non-ortho nitro benzene ring substituents is 1. The van der Waals surface area contributed by atoms with E-state index in [0.29, 0.717) is 12.1 Å². The van der Waals surface area contributed by atoms with Crippen molar-refractivity contribution >= 4 is 22.6 Å². The molecule has 1 aromatic heterocycles. The average Bonchev–Trinajstić information content (AvgIpc) is 3.01. The standard InChI is InChI=1S/C17H16N4O3/c22-17(12-7-9-13(10-8-12)21(23)24)18-11-3-6-16-19-14-4-1-2-5-15(14)20-16/h1-2,4-5,7-10H,3,6,11H2,(H,18,22)(H,19,20). The summed E-state index contributed by atoms with van der Waals surface area (Å²) in [5.74, 6) is 0.648. The minimum Gasteiger partial charge on any atom is -0.352 e. The van der Waals surface area contributed by atoms with Crippen molar-refractivity contribution in [1.82, 2.24) is 15.3 Å². The summed E-state index contributed by atoms with van der Waals surface area (Å²) in [5.41, 5.74) is 2.31. The molecule has 3 aromatic rings. The van der Waals surface area contributed by atoms with Crippen LogP contribution in [0.3, 0.4) is 0 Å². The fourth-order valence-corrected chi connectivity index (χ4v) is 2.42. The number of nitrogens with zero attached hydrogens (tertiary/aromatic N) is 2. The second-order valence-corrected chi connectivity index (χ2v) is 5.36. The summed E-state index contributed by atoms with van der Waals surface area (Å²) in [5, 5.41) is 13.4. The molecule has 0 radical (unpaired) electrons. The molecule has 24 heavy (non-hydrogen) atoms. The van der Waals surface area contributed by atoms with Crippen LogP contribution in [-0.4, -0.2) is 27.3 Å². The van der Waals surface area contributed by atoms with E-state index >= 15 is 0 Å². The summed E-state index contributed by atoms with van der Waals surface area (Å²) in [6.45, 7) is 0.507. The van der Waals surface area contributed by atoms with Gasteiger partial charge in [0.25, 0.3) is 11.6 Å². The molecular formula is C17H16N4O3. The first-order valence-electron chi connectivity index (χ1n) is 7.60. The number of hydrogen-bond acceptors (Lipinski definition) is 4. The molecule has 0 spiro atoms. The van der Waals surface area contributed by atoms with Crippen LogP contribution >= 0.6 is 0 Å². The number of carbonyl (C=O) groups excluding carboxylic acids is 1. The highest BCUT2D eigenvalue weighted by atomic mass is 16.6. The first-order valence-corrected chi connectivity index (χ1v) is 7.60. The molecule has 0 atom stereocenters. The molecule has 0 aliphatic carbocycles. The molecule has 2 aromatic carbocycles. The smallest absolute Gasteiger partial charge is 0.269 e. The van der Waals surface area contributed by atoms with Crippen molar-refractivity contribution in [2.75, 3.05) is 6.54 Å². The lowest BCUT2D eigenvalue weighted by Crippen LogP contribution is -2.24. The Morgan fingerprint density at radius 3 is 2.62 bits per heavy atom. The molecule has 0 saturated heterocycles. The highest BCUT2D eigenvalue weighted by Crippen LogP contribution is 2.12. The van der Waals surface area contributed by atoms with Gasteiger partial charge in [-0.05, 0) is 30.7 Å². The maximum atomic E-state index is 12.0. The predicted octanol–water partition coefficient (Wildman–Crippen LogP) is 2.83. The Labute approximate surface area is 137 Å². The number of amides is 1. The van der Waals surface area contributed by atoms with Crippen LogP contribution in [-0.2, 0) is 6.42 Å². The second-order valence-electron chi connectivity index (χ2n) is 5.36. The lowest BCUT2D eigenvalue weighted by atomic mass is 10.2. The highest BCUT2D eigenvalue weighted by molar-refractivity contribution is 5.94. The van der Waals surface area contributed by atoms with E-state index in [9.17, 15) is 14.9 Å². The van der Waals surface area contributed by atoms with Gasteiger partial charge in [0.15, 0.2) is 0 Å². The zero-order chi connectivity index (χ0) is 16.9. The Balaban J connectivity index is 1.48. The van der Waals surface area contributed by atoms with Crippen molar-refractivity contribution in [1.29, 1.82) is 0 Å². The van der Waals surface area contributed by atoms with Gasteiger partial charge in [0, 0.05) is 30.7 Å². The summed E-state index contributed by atoms with van der Waals surface area (Å²) in [6, 6.07) is 13.4. The van der Waals surface area contributed by atoms with Crippen LogP contribution in [0.2, 0.25) is 0 Å². The van der Waals surface area contributed by atoms with Crippen LogP contribution in [0.5, 0.6) is 0 Å². The van der Waals surface area contributed by atoms with E-state index in [1.54, 1.807) is 0 Å². The van der Waals surface area contributed by atoms with Crippen molar-refractivity contribution in [3.63, 3.8) is 0 Å². The number of H-pyrrole nitrogens is 1. The molecule has 1 heterocycles. The van der Waals surface area contributed by atoms with Crippen LogP contribution in [0.15, 0.2) is 48.5 Å². The van der Waals surface area contributed by atoms with Crippen molar-refractivity contribution in [3.8, 4) is 0 Å². The number of para-hydroxylation sites is 2.